The van der Waals surface area contributed by atoms with Gasteiger partial charge in [0.15, 0.2) is 0 Å². The lowest BCUT2D eigenvalue weighted by molar-refractivity contribution is -0.117. The summed E-state index contributed by atoms with van der Waals surface area (Å²) in [6.07, 6.45) is 0.964. The highest BCUT2D eigenvalue weighted by Crippen LogP contribution is 2.52. The fourth-order valence-corrected chi connectivity index (χ4v) is 1.75. The molecule has 1 aliphatic carbocycles. The number of benzene rings is 1. The van der Waals surface area contributed by atoms with E-state index in [2.05, 4.69) is 19.2 Å². The van der Waals surface area contributed by atoms with E-state index in [1.807, 2.05) is 18.2 Å². The Morgan fingerprint density at radius 2 is 2.07 bits per heavy atom. The molecule has 1 amide bonds. The monoisotopic (exact) mass is 204 g/mol. The molecule has 1 aromatic rings. The lowest BCUT2D eigenvalue weighted by Gasteiger charge is -2.08. The van der Waals surface area contributed by atoms with Gasteiger partial charge in [-0.3, -0.25) is 4.79 Å². The highest BCUT2D eigenvalue weighted by Gasteiger charge is 2.50. The number of anilines is 2. The van der Waals surface area contributed by atoms with Crippen molar-refractivity contribution in [1.82, 2.24) is 0 Å². The van der Waals surface area contributed by atoms with Gasteiger partial charge >= 0.3 is 0 Å². The lowest BCUT2D eigenvalue weighted by Crippen LogP contribution is -2.17. The summed E-state index contributed by atoms with van der Waals surface area (Å²) >= 11 is 0. The van der Waals surface area contributed by atoms with Crippen LogP contribution in [0, 0.1) is 11.3 Å². The van der Waals surface area contributed by atoms with E-state index >= 15 is 0 Å². The minimum Gasteiger partial charge on any atom is -0.397 e. The van der Waals surface area contributed by atoms with Crippen molar-refractivity contribution in [2.24, 2.45) is 11.3 Å². The molecule has 2 rings (SSSR count). The van der Waals surface area contributed by atoms with Crippen LogP contribution in [0.3, 0.4) is 0 Å². The first-order valence-corrected chi connectivity index (χ1v) is 5.16. The second-order valence-corrected chi connectivity index (χ2v) is 4.82. The zero-order valence-electron chi connectivity index (χ0n) is 9.08. The third kappa shape index (κ3) is 1.96. The summed E-state index contributed by atoms with van der Waals surface area (Å²) in [6.45, 7) is 4.21. The summed E-state index contributed by atoms with van der Waals surface area (Å²) in [7, 11) is 0. The Morgan fingerprint density at radius 1 is 1.47 bits per heavy atom. The van der Waals surface area contributed by atoms with E-state index in [4.69, 9.17) is 5.73 Å². The van der Waals surface area contributed by atoms with Crippen molar-refractivity contribution in [3.63, 3.8) is 0 Å². The Balaban J connectivity index is 2.05. The van der Waals surface area contributed by atoms with Gasteiger partial charge in [0.1, 0.15) is 0 Å². The number of hydrogen-bond acceptors (Lipinski definition) is 2. The van der Waals surface area contributed by atoms with Crippen molar-refractivity contribution in [1.29, 1.82) is 0 Å². The summed E-state index contributed by atoms with van der Waals surface area (Å²) in [5, 5.41) is 2.86. The average molecular weight is 204 g/mol. The number of rotatable bonds is 2. The Kier molecular flexibility index (Phi) is 2.18. The van der Waals surface area contributed by atoms with Crippen LogP contribution in [0.15, 0.2) is 24.3 Å². The number of carbonyl (C=O) groups is 1. The predicted molar refractivity (Wildman–Crippen MR) is 61.4 cm³/mol. The van der Waals surface area contributed by atoms with Crippen LogP contribution in [0.5, 0.6) is 0 Å². The van der Waals surface area contributed by atoms with Gasteiger partial charge < -0.3 is 11.1 Å². The SMILES string of the molecule is CC1(C)CC1C(=O)Nc1ccccc1N. The topological polar surface area (TPSA) is 55.1 Å². The summed E-state index contributed by atoms with van der Waals surface area (Å²) in [5.74, 6) is 0.218. The summed E-state index contributed by atoms with van der Waals surface area (Å²) in [5.41, 5.74) is 7.23. The van der Waals surface area contributed by atoms with E-state index in [0.717, 1.165) is 6.42 Å². The largest absolute Gasteiger partial charge is 0.397 e. The van der Waals surface area contributed by atoms with Crippen molar-refractivity contribution in [3.8, 4) is 0 Å². The number of hydrogen-bond donors (Lipinski definition) is 2. The second kappa shape index (κ2) is 3.26. The van der Waals surface area contributed by atoms with E-state index in [1.54, 1.807) is 6.07 Å². The van der Waals surface area contributed by atoms with Crippen LogP contribution in [0.25, 0.3) is 0 Å². The predicted octanol–water partition coefficient (Wildman–Crippen LogP) is 2.25. The molecule has 15 heavy (non-hydrogen) atoms. The van der Waals surface area contributed by atoms with Crippen LogP contribution >= 0.6 is 0 Å². The normalized spacial score (nSPS) is 22.1. The van der Waals surface area contributed by atoms with E-state index in [0.29, 0.717) is 11.4 Å². The molecule has 3 nitrogen and oxygen atoms in total. The molecule has 0 radical (unpaired) electrons. The average Bonchev–Trinajstić information content (AvgIpc) is 2.79. The van der Waals surface area contributed by atoms with E-state index in [9.17, 15) is 4.79 Å². The minimum absolute atomic E-state index is 0.0814. The Bertz CT molecular complexity index is 398. The lowest BCUT2D eigenvalue weighted by atomic mass is 10.1. The van der Waals surface area contributed by atoms with E-state index < -0.39 is 0 Å². The van der Waals surface area contributed by atoms with Gasteiger partial charge in [0, 0.05) is 5.92 Å². The van der Waals surface area contributed by atoms with Gasteiger partial charge in [-0.2, -0.15) is 0 Å². The van der Waals surface area contributed by atoms with Crippen LogP contribution in [-0.2, 0) is 4.79 Å². The summed E-state index contributed by atoms with van der Waals surface area (Å²) < 4.78 is 0. The molecule has 1 fully saturated rings. The maximum absolute atomic E-state index is 11.8. The van der Waals surface area contributed by atoms with E-state index in [-0.39, 0.29) is 17.2 Å². The zero-order chi connectivity index (χ0) is 11.1. The summed E-state index contributed by atoms with van der Waals surface area (Å²) in [6, 6.07) is 7.33. The first kappa shape index (κ1) is 10.0. The van der Waals surface area contributed by atoms with Crippen molar-refractivity contribution in [2.75, 3.05) is 11.1 Å². The molecule has 3 heteroatoms. The van der Waals surface area contributed by atoms with Crippen LogP contribution in [-0.4, -0.2) is 5.91 Å². The van der Waals surface area contributed by atoms with Crippen LogP contribution in [0.1, 0.15) is 20.3 Å². The molecule has 1 saturated carbocycles. The van der Waals surface area contributed by atoms with Gasteiger partial charge in [0.05, 0.1) is 11.4 Å². The van der Waals surface area contributed by atoms with Gasteiger partial charge in [-0.05, 0) is 24.0 Å². The maximum atomic E-state index is 11.8. The first-order chi connectivity index (χ1) is 7.00. The standard InChI is InChI=1S/C12H16N2O/c1-12(2)7-8(12)11(15)14-10-6-4-3-5-9(10)13/h3-6,8H,7,13H2,1-2H3,(H,14,15). The smallest absolute Gasteiger partial charge is 0.228 e. The number of amides is 1. The molecule has 3 N–H and O–H groups in total. The maximum Gasteiger partial charge on any atom is 0.228 e. The molecule has 1 atom stereocenters. The Morgan fingerprint density at radius 3 is 2.60 bits per heavy atom. The highest BCUT2D eigenvalue weighted by atomic mass is 16.2. The van der Waals surface area contributed by atoms with Crippen LogP contribution < -0.4 is 11.1 Å². The molecule has 0 aromatic heterocycles. The number of nitrogens with one attached hydrogen (secondary N) is 1. The minimum atomic E-state index is 0.0814. The van der Waals surface area contributed by atoms with Crippen molar-refractivity contribution >= 4 is 17.3 Å². The number of carbonyl (C=O) groups excluding carboxylic acids is 1. The van der Waals surface area contributed by atoms with Gasteiger partial charge in [-0.25, -0.2) is 0 Å². The number of nitrogens with two attached hydrogens (primary N) is 1. The molecule has 0 spiro atoms. The third-order valence-electron chi connectivity index (χ3n) is 3.05. The molecule has 0 heterocycles. The molecular formula is C12H16N2O. The van der Waals surface area contributed by atoms with Gasteiger partial charge in [0.2, 0.25) is 5.91 Å². The summed E-state index contributed by atoms with van der Waals surface area (Å²) in [4.78, 5) is 11.8. The Hall–Kier alpha value is -1.51. The Labute approximate surface area is 89.7 Å². The van der Waals surface area contributed by atoms with Gasteiger partial charge in [-0.15, -0.1) is 0 Å². The number of nitrogen functional groups attached to an aromatic ring is 1. The molecule has 1 aromatic carbocycles. The molecule has 80 valence electrons. The molecule has 1 unspecified atom stereocenters. The fraction of sp³-hybridized carbons (Fsp3) is 0.417. The third-order valence-corrected chi connectivity index (χ3v) is 3.05. The quantitative estimate of drug-likeness (QED) is 0.726. The van der Waals surface area contributed by atoms with Crippen LogP contribution in [0.4, 0.5) is 11.4 Å². The van der Waals surface area contributed by atoms with Gasteiger partial charge in [-0.1, -0.05) is 26.0 Å². The molecule has 0 bridgehead atoms. The van der Waals surface area contributed by atoms with Crippen molar-refractivity contribution in [2.45, 2.75) is 20.3 Å². The fourth-order valence-electron chi connectivity index (χ4n) is 1.75. The van der Waals surface area contributed by atoms with Crippen LogP contribution in [0.2, 0.25) is 0 Å². The zero-order valence-corrected chi connectivity index (χ0v) is 9.08. The second-order valence-electron chi connectivity index (χ2n) is 4.82. The molecule has 0 aliphatic heterocycles. The molecule has 0 saturated heterocycles. The van der Waals surface area contributed by atoms with Crippen molar-refractivity contribution in [3.05, 3.63) is 24.3 Å². The molecule has 1 aliphatic rings. The van der Waals surface area contributed by atoms with E-state index in [1.165, 1.54) is 0 Å². The van der Waals surface area contributed by atoms with Crippen molar-refractivity contribution < 1.29 is 4.79 Å². The first-order valence-electron chi connectivity index (χ1n) is 5.16. The van der Waals surface area contributed by atoms with Gasteiger partial charge in [0.25, 0.3) is 0 Å². The highest BCUT2D eigenvalue weighted by molar-refractivity contribution is 5.97. The number of para-hydroxylation sites is 2. The molecular weight excluding hydrogens is 188 g/mol.